The van der Waals surface area contributed by atoms with E-state index in [1.807, 2.05) is 13.8 Å². The number of hydrogen-bond donors (Lipinski definition) is 0. The second-order valence-electron chi connectivity index (χ2n) is 3.44. The molecule has 0 aromatic rings. The summed E-state index contributed by atoms with van der Waals surface area (Å²) in [6.07, 6.45) is 0. The highest BCUT2D eigenvalue weighted by atomic mass is 31.0. The summed E-state index contributed by atoms with van der Waals surface area (Å²) >= 11 is 0. The van der Waals surface area contributed by atoms with Crippen LogP contribution in [0, 0.1) is 0 Å². The summed E-state index contributed by atoms with van der Waals surface area (Å²) in [5, 5.41) is 0.255. The van der Waals surface area contributed by atoms with Crippen LogP contribution in [0.4, 0.5) is 0 Å². The third-order valence-corrected chi connectivity index (χ3v) is 2.03. The molecule has 1 aliphatic heterocycles. The molecule has 0 N–H and O–H groups in total. The van der Waals surface area contributed by atoms with Gasteiger partial charge in [-0.15, -0.1) is 9.24 Å². The van der Waals surface area contributed by atoms with E-state index in [1.54, 1.807) is 0 Å². The fourth-order valence-electron chi connectivity index (χ4n) is 1.27. The smallest absolute Gasteiger partial charge is 0.0593 e. The van der Waals surface area contributed by atoms with Crippen LogP contribution in [0.1, 0.15) is 20.8 Å². The summed E-state index contributed by atoms with van der Waals surface area (Å²) in [6, 6.07) is 0. The number of rotatable bonds is 0. The maximum atomic E-state index is 5.42. The Balaban J connectivity index is 0.000000561. The molecule has 1 saturated heterocycles. The molecule has 0 saturated carbocycles. The molecule has 3 heteroatoms. The van der Waals surface area contributed by atoms with Gasteiger partial charge in [0.15, 0.2) is 0 Å². The van der Waals surface area contributed by atoms with Crippen molar-refractivity contribution >= 4 is 9.24 Å². The lowest BCUT2D eigenvalue weighted by Crippen LogP contribution is -2.34. The number of ether oxygens (including phenoxy) is 1. The first-order chi connectivity index (χ1) is 5.60. The van der Waals surface area contributed by atoms with Crippen LogP contribution in [0.15, 0.2) is 0 Å². The van der Waals surface area contributed by atoms with Gasteiger partial charge in [0.2, 0.25) is 0 Å². The van der Waals surface area contributed by atoms with Crippen LogP contribution in [-0.4, -0.2) is 43.4 Å². The van der Waals surface area contributed by atoms with Crippen molar-refractivity contribution in [2.24, 2.45) is 0 Å². The van der Waals surface area contributed by atoms with Gasteiger partial charge in [0, 0.05) is 18.2 Å². The van der Waals surface area contributed by atoms with Crippen molar-refractivity contribution in [3.8, 4) is 0 Å². The van der Waals surface area contributed by atoms with Gasteiger partial charge in [0.25, 0.3) is 0 Å². The van der Waals surface area contributed by atoms with E-state index in [4.69, 9.17) is 4.74 Å². The van der Waals surface area contributed by atoms with E-state index in [0.29, 0.717) is 0 Å². The minimum atomic E-state index is 0.255. The van der Waals surface area contributed by atoms with Crippen molar-refractivity contribution in [1.82, 2.24) is 4.90 Å². The maximum Gasteiger partial charge on any atom is 0.0593 e. The molecule has 1 rings (SSSR count). The van der Waals surface area contributed by atoms with Crippen LogP contribution >= 0.6 is 9.24 Å². The van der Waals surface area contributed by atoms with Gasteiger partial charge in [-0.05, 0) is 7.05 Å². The Bertz CT molecular complexity index is 117. The largest absolute Gasteiger partial charge is 0.379 e. The molecule has 74 valence electrons. The molecule has 0 amide bonds. The lowest BCUT2D eigenvalue weighted by atomic mass is 10.2. The van der Waals surface area contributed by atoms with Gasteiger partial charge in [-0.2, -0.15) is 0 Å². The first-order valence-corrected chi connectivity index (χ1v) is 5.23. The molecule has 1 heterocycles. The molecule has 1 fully saturated rings. The predicted molar refractivity (Wildman–Crippen MR) is 57.8 cm³/mol. The fraction of sp³-hybridized carbons (Fsp3) is 1.00. The van der Waals surface area contributed by atoms with Crippen LogP contribution in [0.5, 0.6) is 0 Å². The molecular formula is C9H22NOP. The van der Waals surface area contributed by atoms with E-state index >= 15 is 0 Å². The summed E-state index contributed by atoms with van der Waals surface area (Å²) < 4.78 is 5.42. The Morgan fingerprint density at radius 2 is 2.00 bits per heavy atom. The van der Waals surface area contributed by atoms with Crippen molar-refractivity contribution in [3.05, 3.63) is 0 Å². The highest BCUT2D eigenvalue weighted by molar-refractivity contribution is 7.19. The Morgan fingerprint density at radius 3 is 2.58 bits per heavy atom. The molecule has 12 heavy (non-hydrogen) atoms. The van der Waals surface area contributed by atoms with Crippen LogP contribution in [0.3, 0.4) is 0 Å². The van der Waals surface area contributed by atoms with Gasteiger partial charge in [-0.1, -0.05) is 20.8 Å². The van der Waals surface area contributed by atoms with Crippen LogP contribution in [0.2, 0.25) is 0 Å². The Labute approximate surface area is 78.9 Å². The highest BCUT2D eigenvalue weighted by Crippen LogP contribution is 2.20. The zero-order chi connectivity index (χ0) is 9.61. The molecule has 0 aromatic carbocycles. The Kier molecular flexibility index (Phi) is 6.08. The maximum absolute atomic E-state index is 5.42. The zero-order valence-electron chi connectivity index (χ0n) is 8.76. The zero-order valence-corrected chi connectivity index (χ0v) is 9.92. The van der Waals surface area contributed by atoms with Crippen molar-refractivity contribution in [3.63, 3.8) is 0 Å². The number of likely N-dealkylation sites (N-methyl/N-ethyl adjacent to an activating group) is 1. The molecular weight excluding hydrogens is 169 g/mol. The number of nitrogens with zero attached hydrogens (tertiary/aromatic N) is 1. The van der Waals surface area contributed by atoms with E-state index in [2.05, 4.69) is 28.1 Å². The second-order valence-corrected chi connectivity index (χ2v) is 4.84. The molecule has 2 nitrogen and oxygen atoms in total. The molecule has 1 aliphatic rings. The van der Waals surface area contributed by atoms with Crippen LogP contribution in [0.25, 0.3) is 0 Å². The second kappa shape index (κ2) is 5.90. The summed E-state index contributed by atoms with van der Waals surface area (Å²) in [7, 11) is 4.99. The number of hydrogen-bond acceptors (Lipinski definition) is 2. The standard InChI is InChI=1S/C7H16NOP.C2H6/c1-7(10)5-8(2)3-4-9-6-7;1-2/h3-6,10H2,1-2H3;1-2H3. The summed E-state index contributed by atoms with van der Waals surface area (Å²) in [5.74, 6) is 0. The van der Waals surface area contributed by atoms with Gasteiger partial charge >= 0.3 is 0 Å². The lowest BCUT2D eigenvalue weighted by Gasteiger charge is -2.24. The molecule has 0 bridgehead atoms. The first-order valence-electron chi connectivity index (χ1n) is 4.65. The fourth-order valence-corrected chi connectivity index (χ4v) is 1.70. The molecule has 0 spiro atoms. The van der Waals surface area contributed by atoms with Gasteiger partial charge in [0.1, 0.15) is 0 Å². The molecule has 0 radical (unpaired) electrons. The van der Waals surface area contributed by atoms with E-state index in [0.717, 1.165) is 26.3 Å². The summed E-state index contributed by atoms with van der Waals surface area (Å²) in [4.78, 5) is 2.31. The predicted octanol–water partition coefficient (Wildman–Crippen LogP) is 1.61. The van der Waals surface area contributed by atoms with E-state index in [-0.39, 0.29) is 5.16 Å². The van der Waals surface area contributed by atoms with Crippen LogP contribution in [-0.2, 0) is 4.74 Å². The Hall–Kier alpha value is 0.350. The third-order valence-electron chi connectivity index (χ3n) is 1.68. The monoisotopic (exact) mass is 191 g/mol. The van der Waals surface area contributed by atoms with Crippen molar-refractivity contribution in [2.45, 2.75) is 25.9 Å². The van der Waals surface area contributed by atoms with Gasteiger partial charge in [-0.3, -0.25) is 0 Å². The first kappa shape index (κ1) is 12.3. The quantitative estimate of drug-likeness (QED) is 0.539. The summed E-state index contributed by atoms with van der Waals surface area (Å²) in [6.45, 7) is 10.1. The van der Waals surface area contributed by atoms with Crippen molar-refractivity contribution in [2.75, 3.05) is 33.4 Å². The molecule has 0 aliphatic carbocycles. The SMILES string of the molecule is CC.CN1CCOCC(C)(P)C1. The average Bonchev–Trinajstić information content (AvgIpc) is 2.14. The van der Waals surface area contributed by atoms with Crippen molar-refractivity contribution < 1.29 is 4.74 Å². The molecule has 2 unspecified atom stereocenters. The minimum Gasteiger partial charge on any atom is -0.379 e. The molecule has 2 atom stereocenters. The highest BCUT2D eigenvalue weighted by Gasteiger charge is 2.23. The third kappa shape index (κ3) is 5.08. The average molecular weight is 191 g/mol. The van der Waals surface area contributed by atoms with E-state index in [9.17, 15) is 0 Å². The summed E-state index contributed by atoms with van der Waals surface area (Å²) in [5.41, 5.74) is 0. The minimum absolute atomic E-state index is 0.255. The van der Waals surface area contributed by atoms with Gasteiger partial charge < -0.3 is 9.64 Å². The topological polar surface area (TPSA) is 12.5 Å². The van der Waals surface area contributed by atoms with E-state index in [1.165, 1.54) is 0 Å². The van der Waals surface area contributed by atoms with Gasteiger partial charge in [0.05, 0.1) is 13.2 Å². The Morgan fingerprint density at radius 1 is 1.42 bits per heavy atom. The lowest BCUT2D eigenvalue weighted by molar-refractivity contribution is 0.134. The van der Waals surface area contributed by atoms with Crippen LogP contribution < -0.4 is 0 Å². The van der Waals surface area contributed by atoms with Crippen molar-refractivity contribution in [1.29, 1.82) is 0 Å². The molecule has 0 aromatic heterocycles. The van der Waals surface area contributed by atoms with E-state index < -0.39 is 0 Å². The normalized spacial score (nSPS) is 31.8. The van der Waals surface area contributed by atoms with Gasteiger partial charge in [-0.25, -0.2) is 0 Å².